The number of hydrogen-bond donors (Lipinski definition) is 0. The summed E-state index contributed by atoms with van der Waals surface area (Å²) in [5, 5.41) is 1.00. The van der Waals surface area contributed by atoms with Gasteiger partial charge in [-0.05, 0) is 5.56 Å². The van der Waals surface area contributed by atoms with Crippen LogP contribution < -0.4 is 0 Å². The maximum absolute atomic E-state index is 11.5. The minimum Gasteiger partial charge on any atom is -0.289 e. The van der Waals surface area contributed by atoms with Gasteiger partial charge in [-0.2, -0.15) is 0 Å². The molecular weight excluding hydrogens is 218 g/mol. The lowest BCUT2D eigenvalue weighted by Crippen LogP contribution is -2.32. The number of amides is 1. The quantitative estimate of drug-likeness (QED) is 0.530. The Labute approximate surface area is 100 Å². The van der Waals surface area contributed by atoms with Crippen LogP contribution >= 0.6 is 0 Å². The summed E-state index contributed by atoms with van der Waals surface area (Å²) in [7, 11) is 0. The van der Waals surface area contributed by atoms with E-state index in [4.69, 9.17) is 4.84 Å². The van der Waals surface area contributed by atoms with E-state index in [-0.39, 0.29) is 25.5 Å². The fraction of sp³-hybridized carbons (Fsp3) is 0.231. The van der Waals surface area contributed by atoms with Crippen LogP contribution in [0.2, 0.25) is 0 Å². The molecule has 1 aromatic carbocycles. The minimum atomic E-state index is -0.306. The zero-order valence-corrected chi connectivity index (χ0v) is 9.46. The van der Waals surface area contributed by atoms with Gasteiger partial charge in [0.15, 0.2) is 0 Å². The van der Waals surface area contributed by atoms with Gasteiger partial charge in [-0.3, -0.25) is 14.4 Å². The lowest BCUT2D eigenvalue weighted by atomic mass is 10.2. The van der Waals surface area contributed by atoms with Crippen LogP contribution in [0.3, 0.4) is 0 Å². The van der Waals surface area contributed by atoms with Crippen LogP contribution in [0.4, 0.5) is 0 Å². The van der Waals surface area contributed by atoms with Crippen LogP contribution in [0.25, 0.3) is 0 Å². The molecule has 1 radical (unpaired) electrons. The summed E-state index contributed by atoms with van der Waals surface area (Å²) in [4.78, 5) is 27.1. The van der Waals surface area contributed by atoms with Gasteiger partial charge in [0.2, 0.25) is 12.2 Å². The van der Waals surface area contributed by atoms with E-state index in [1.807, 2.05) is 30.3 Å². The predicted octanol–water partition coefficient (Wildman–Crippen LogP) is 1.63. The molecule has 1 rings (SSSR count). The maximum atomic E-state index is 11.5. The van der Waals surface area contributed by atoms with Crippen molar-refractivity contribution in [3.8, 4) is 0 Å². The van der Waals surface area contributed by atoms with E-state index in [1.165, 1.54) is 6.08 Å². The molecule has 0 spiro atoms. The van der Waals surface area contributed by atoms with E-state index in [1.54, 1.807) is 6.29 Å². The second-order valence-corrected chi connectivity index (χ2v) is 3.33. The first-order chi connectivity index (χ1) is 8.27. The molecule has 0 aliphatic rings. The van der Waals surface area contributed by atoms with Crippen LogP contribution in [0.1, 0.15) is 12.0 Å². The van der Waals surface area contributed by atoms with E-state index in [9.17, 15) is 9.59 Å². The van der Waals surface area contributed by atoms with Crippen LogP contribution in [0, 0.1) is 0 Å². The van der Waals surface area contributed by atoms with Crippen LogP contribution in [0.15, 0.2) is 43.0 Å². The highest BCUT2D eigenvalue weighted by Crippen LogP contribution is 2.04. The first-order valence-corrected chi connectivity index (χ1v) is 5.21. The average molecular weight is 232 g/mol. The van der Waals surface area contributed by atoms with Crippen molar-refractivity contribution in [3.05, 3.63) is 48.6 Å². The number of nitrogens with zero attached hydrogens (tertiary/aromatic N) is 1. The van der Waals surface area contributed by atoms with Gasteiger partial charge in [-0.1, -0.05) is 36.4 Å². The fourth-order valence-electron chi connectivity index (χ4n) is 1.22. The van der Waals surface area contributed by atoms with Crippen molar-refractivity contribution >= 4 is 12.2 Å². The molecule has 0 saturated heterocycles. The average Bonchev–Trinajstić information content (AvgIpc) is 2.36. The molecule has 0 aromatic heterocycles. The van der Waals surface area contributed by atoms with Gasteiger partial charge in [0, 0.05) is 6.42 Å². The number of benzene rings is 1. The van der Waals surface area contributed by atoms with Crippen LogP contribution in [-0.4, -0.2) is 23.8 Å². The third kappa shape index (κ3) is 4.61. The van der Waals surface area contributed by atoms with E-state index < -0.39 is 0 Å². The Balaban J connectivity index is 2.52. The Bertz CT molecular complexity index is 376. The summed E-state index contributed by atoms with van der Waals surface area (Å²) >= 11 is 0. The van der Waals surface area contributed by atoms with E-state index >= 15 is 0 Å². The molecule has 0 fully saturated rings. The second-order valence-electron chi connectivity index (χ2n) is 3.33. The maximum Gasteiger partial charge on any atom is 0.250 e. The molecule has 0 aliphatic heterocycles. The largest absolute Gasteiger partial charge is 0.289 e. The number of hydroxylamine groups is 2. The first-order valence-electron chi connectivity index (χ1n) is 5.21. The van der Waals surface area contributed by atoms with Crippen molar-refractivity contribution in [1.29, 1.82) is 0 Å². The molecule has 0 N–H and O–H groups in total. The Kier molecular flexibility index (Phi) is 5.68. The smallest absolute Gasteiger partial charge is 0.250 e. The Morgan fingerprint density at radius 3 is 2.71 bits per heavy atom. The molecule has 0 aliphatic carbocycles. The highest BCUT2D eigenvalue weighted by atomic mass is 16.7. The fourth-order valence-corrected chi connectivity index (χ4v) is 1.22. The molecule has 1 amide bonds. The first kappa shape index (κ1) is 13.1. The van der Waals surface area contributed by atoms with Gasteiger partial charge in [-0.25, -0.2) is 5.06 Å². The van der Waals surface area contributed by atoms with E-state index in [0.29, 0.717) is 0 Å². The topological polar surface area (TPSA) is 46.6 Å². The van der Waals surface area contributed by atoms with Gasteiger partial charge in [0.25, 0.3) is 0 Å². The summed E-state index contributed by atoms with van der Waals surface area (Å²) in [6.07, 6.45) is 3.24. The third-order valence-corrected chi connectivity index (χ3v) is 2.04. The standard InChI is InChI=1S/C13H14NO3/c1-2-6-13(16)14(9-10-15)17-11-12-7-4-3-5-8-12/h2-5,7-8H,1,6,9,11H2. The zero-order valence-electron chi connectivity index (χ0n) is 9.46. The van der Waals surface area contributed by atoms with Gasteiger partial charge in [0.1, 0.15) is 13.2 Å². The SMILES string of the molecule is C=CCC(=O)N(C[C]=O)OCc1ccccc1. The van der Waals surface area contributed by atoms with Gasteiger partial charge < -0.3 is 0 Å². The van der Waals surface area contributed by atoms with Crippen LogP contribution in [-0.2, 0) is 21.0 Å². The monoisotopic (exact) mass is 232 g/mol. The predicted molar refractivity (Wildman–Crippen MR) is 63.5 cm³/mol. The summed E-state index contributed by atoms with van der Waals surface area (Å²) in [5.74, 6) is -0.306. The summed E-state index contributed by atoms with van der Waals surface area (Å²) in [6.45, 7) is 3.51. The van der Waals surface area contributed by atoms with Crippen molar-refractivity contribution in [2.75, 3.05) is 6.54 Å². The highest BCUT2D eigenvalue weighted by Gasteiger charge is 2.12. The molecule has 0 heterocycles. The van der Waals surface area contributed by atoms with Gasteiger partial charge >= 0.3 is 0 Å². The number of hydrogen-bond acceptors (Lipinski definition) is 3. The number of rotatable bonds is 7. The van der Waals surface area contributed by atoms with Gasteiger partial charge in [-0.15, -0.1) is 6.58 Å². The third-order valence-electron chi connectivity index (χ3n) is 2.04. The summed E-state index contributed by atoms with van der Waals surface area (Å²) in [5.41, 5.74) is 0.926. The molecule has 17 heavy (non-hydrogen) atoms. The van der Waals surface area contributed by atoms with Crippen molar-refractivity contribution in [2.45, 2.75) is 13.0 Å². The van der Waals surface area contributed by atoms with Crippen LogP contribution in [0.5, 0.6) is 0 Å². The summed E-state index contributed by atoms with van der Waals surface area (Å²) < 4.78 is 0. The van der Waals surface area contributed by atoms with Crippen molar-refractivity contribution in [3.63, 3.8) is 0 Å². The molecule has 89 valence electrons. The van der Waals surface area contributed by atoms with Crippen molar-refractivity contribution in [1.82, 2.24) is 5.06 Å². The second kappa shape index (κ2) is 7.35. The molecule has 0 bridgehead atoms. The highest BCUT2D eigenvalue weighted by molar-refractivity contribution is 5.78. The molecule has 4 nitrogen and oxygen atoms in total. The molecule has 0 atom stereocenters. The molecule has 0 unspecified atom stereocenters. The molecular formula is C13H14NO3. The molecule has 0 saturated carbocycles. The number of carbonyl (C=O) groups excluding carboxylic acids is 2. The Morgan fingerprint density at radius 2 is 2.12 bits per heavy atom. The van der Waals surface area contributed by atoms with E-state index in [0.717, 1.165) is 10.6 Å². The van der Waals surface area contributed by atoms with Gasteiger partial charge in [0.05, 0.1) is 0 Å². The normalized spacial score (nSPS) is 9.65. The lowest BCUT2D eigenvalue weighted by molar-refractivity contribution is -0.185. The van der Waals surface area contributed by atoms with Crippen molar-refractivity contribution < 1.29 is 14.4 Å². The minimum absolute atomic E-state index is 0.135. The zero-order chi connectivity index (χ0) is 12.5. The van der Waals surface area contributed by atoms with Crippen molar-refractivity contribution in [2.24, 2.45) is 0 Å². The lowest BCUT2D eigenvalue weighted by Gasteiger charge is -2.18. The summed E-state index contributed by atoms with van der Waals surface area (Å²) in [6, 6.07) is 9.39. The molecule has 4 heteroatoms. The Morgan fingerprint density at radius 1 is 1.41 bits per heavy atom. The Hall–Kier alpha value is -1.94. The van der Waals surface area contributed by atoms with E-state index in [2.05, 4.69) is 6.58 Å². The molecule has 1 aromatic rings. The number of carbonyl (C=O) groups is 1.